The van der Waals surface area contributed by atoms with E-state index < -0.39 is 29.9 Å². The van der Waals surface area contributed by atoms with Gasteiger partial charge in [-0.1, -0.05) is 5.92 Å². The van der Waals surface area contributed by atoms with Crippen LogP contribution in [0.15, 0.2) is 12.5 Å². The second-order valence-corrected chi connectivity index (χ2v) is 5.88. The summed E-state index contributed by atoms with van der Waals surface area (Å²) in [6.45, 7) is 2.96. The number of hydrogen-bond donors (Lipinski definition) is 4. The van der Waals surface area contributed by atoms with E-state index in [0.29, 0.717) is 11.2 Å². The molecule has 128 valence electrons. The Morgan fingerprint density at radius 1 is 1.50 bits per heavy atom. The molecule has 0 saturated carbocycles. The van der Waals surface area contributed by atoms with Crippen molar-refractivity contribution in [3.05, 3.63) is 12.5 Å². The summed E-state index contributed by atoms with van der Waals surface area (Å²) in [5.74, 6) is 5.24. The summed E-state index contributed by atoms with van der Waals surface area (Å²) >= 11 is 0. The molecule has 2 aromatic heterocycles. The van der Waals surface area contributed by atoms with Crippen LogP contribution < -0.4 is 11.5 Å². The van der Waals surface area contributed by atoms with Crippen LogP contribution in [-0.4, -0.2) is 54.1 Å². The Kier molecular flexibility index (Phi) is 4.15. The monoisotopic (exact) mass is 332 g/mol. The minimum atomic E-state index is -1.22. The maximum Gasteiger partial charge on any atom is 0.222 e. The third-order valence-corrected chi connectivity index (χ3v) is 4.31. The SMILES string of the molecule is CC#CC1(N)C(CO)[C@@H]([C@H](C)O)O[C@H]1n1cnc2cnc(N)nc21. The van der Waals surface area contributed by atoms with Crippen LogP contribution in [-0.2, 0) is 4.74 Å². The molecule has 2 aromatic rings. The van der Waals surface area contributed by atoms with Crippen molar-refractivity contribution in [2.24, 2.45) is 11.7 Å². The van der Waals surface area contributed by atoms with E-state index in [-0.39, 0.29) is 12.6 Å². The Bertz CT molecular complexity index is 810. The van der Waals surface area contributed by atoms with Gasteiger partial charge in [-0.2, -0.15) is 4.98 Å². The number of imidazole rings is 1. The van der Waals surface area contributed by atoms with Crippen molar-refractivity contribution >= 4 is 17.1 Å². The number of fused-ring (bicyclic) bond motifs is 1. The van der Waals surface area contributed by atoms with Crippen molar-refractivity contribution in [3.8, 4) is 11.8 Å². The second kappa shape index (κ2) is 5.99. The van der Waals surface area contributed by atoms with Crippen molar-refractivity contribution in [1.29, 1.82) is 0 Å². The molecule has 2 unspecified atom stereocenters. The van der Waals surface area contributed by atoms with E-state index in [1.807, 2.05) is 0 Å². The van der Waals surface area contributed by atoms with E-state index in [0.717, 1.165) is 0 Å². The van der Waals surface area contributed by atoms with Gasteiger partial charge in [-0.05, 0) is 13.8 Å². The number of hydrogen-bond acceptors (Lipinski definition) is 8. The first kappa shape index (κ1) is 16.6. The molecule has 24 heavy (non-hydrogen) atoms. The zero-order valence-electron chi connectivity index (χ0n) is 13.4. The molecule has 6 N–H and O–H groups in total. The number of aliphatic hydroxyl groups is 2. The van der Waals surface area contributed by atoms with Gasteiger partial charge in [0.2, 0.25) is 5.95 Å². The van der Waals surface area contributed by atoms with E-state index in [2.05, 4.69) is 26.8 Å². The van der Waals surface area contributed by atoms with Crippen LogP contribution in [0.2, 0.25) is 0 Å². The molecule has 9 nitrogen and oxygen atoms in total. The highest BCUT2D eigenvalue weighted by Gasteiger charge is 2.55. The minimum Gasteiger partial charge on any atom is -0.396 e. The fourth-order valence-electron chi connectivity index (χ4n) is 3.19. The number of aliphatic hydroxyl groups excluding tert-OH is 2. The van der Waals surface area contributed by atoms with Gasteiger partial charge < -0.3 is 26.4 Å². The number of ether oxygens (including phenoxy) is 1. The normalized spacial score (nSPS) is 31.0. The van der Waals surface area contributed by atoms with Gasteiger partial charge in [-0.15, -0.1) is 5.92 Å². The van der Waals surface area contributed by atoms with Crippen LogP contribution in [0.4, 0.5) is 5.95 Å². The molecule has 1 aliphatic rings. The van der Waals surface area contributed by atoms with Crippen LogP contribution in [0.5, 0.6) is 0 Å². The van der Waals surface area contributed by atoms with Crippen molar-refractivity contribution in [2.45, 2.75) is 37.8 Å². The highest BCUT2D eigenvalue weighted by molar-refractivity contribution is 5.70. The lowest BCUT2D eigenvalue weighted by Crippen LogP contribution is -2.52. The van der Waals surface area contributed by atoms with Crippen LogP contribution >= 0.6 is 0 Å². The Morgan fingerprint density at radius 2 is 2.25 bits per heavy atom. The summed E-state index contributed by atoms with van der Waals surface area (Å²) in [5.41, 5.74) is 11.9. The number of rotatable bonds is 3. The largest absolute Gasteiger partial charge is 0.396 e. The average molecular weight is 332 g/mol. The first-order valence-corrected chi connectivity index (χ1v) is 7.54. The third kappa shape index (κ3) is 2.40. The number of nitrogen functional groups attached to an aromatic ring is 1. The molecular weight excluding hydrogens is 312 g/mol. The third-order valence-electron chi connectivity index (χ3n) is 4.31. The summed E-state index contributed by atoms with van der Waals surface area (Å²) in [6.07, 6.45) is 0.718. The lowest BCUT2D eigenvalue weighted by atomic mass is 9.81. The first-order valence-electron chi connectivity index (χ1n) is 7.54. The molecule has 1 aliphatic heterocycles. The fraction of sp³-hybridized carbons (Fsp3) is 0.533. The lowest BCUT2D eigenvalue weighted by Gasteiger charge is -2.30. The highest BCUT2D eigenvalue weighted by atomic mass is 16.5. The molecule has 0 spiro atoms. The molecule has 5 atom stereocenters. The smallest absolute Gasteiger partial charge is 0.222 e. The molecule has 3 heterocycles. The minimum absolute atomic E-state index is 0.0947. The number of nitrogens with zero attached hydrogens (tertiary/aromatic N) is 4. The number of nitrogens with two attached hydrogens (primary N) is 2. The van der Waals surface area contributed by atoms with E-state index in [1.165, 1.54) is 12.5 Å². The van der Waals surface area contributed by atoms with E-state index in [9.17, 15) is 10.2 Å². The van der Waals surface area contributed by atoms with Gasteiger partial charge in [0.25, 0.3) is 0 Å². The maximum absolute atomic E-state index is 10.0. The van der Waals surface area contributed by atoms with Crippen molar-refractivity contribution in [3.63, 3.8) is 0 Å². The summed E-state index contributed by atoms with van der Waals surface area (Å²) in [4.78, 5) is 12.3. The average Bonchev–Trinajstić information content (AvgIpc) is 3.05. The Morgan fingerprint density at radius 3 is 2.88 bits per heavy atom. The topological polar surface area (TPSA) is 145 Å². The standard InChI is InChI=1S/C15H20N6O3/c1-3-4-15(17)9(6-22)11(8(2)23)24-13(15)21-7-19-10-5-18-14(16)20-12(10)21/h5,7-9,11,13,22-23H,6,17H2,1-2H3,(H2,16,18,20)/t8-,9?,11+,13+,15?/m0/s1. The predicted molar refractivity (Wildman–Crippen MR) is 86.3 cm³/mol. The van der Waals surface area contributed by atoms with E-state index in [1.54, 1.807) is 18.4 Å². The lowest BCUT2D eigenvalue weighted by molar-refractivity contribution is -0.0676. The molecular formula is C15H20N6O3. The van der Waals surface area contributed by atoms with Crippen LogP contribution in [0, 0.1) is 17.8 Å². The molecule has 0 amide bonds. The number of anilines is 1. The Balaban J connectivity index is 2.16. The van der Waals surface area contributed by atoms with Crippen molar-refractivity contribution in [1.82, 2.24) is 19.5 Å². The molecule has 3 rings (SSSR count). The van der Waals surface area contributed by atoms with Gasteiger partial charge in [0.05, 0.1) is 31.3 Å². The molecule has 0 radical (unpaired) electrons. The van der Waals surface area contributed by atoms with E-state index in [4.69, 9.17) is 16.2 Å². The fourth-order valence-corrected chi connectivity index (χ4v) is 3.19. The van der Waals surface area contributed by atoms with Crippen LogP contribution in [0.25, 0.3) is 11.2 Å². The Labute approximate surface area is 138 Å². The summed E-state index contributed by atoms with van der Waals surface area (Å²) in [6, 6.07) is 0. The van der Waals surface area contributed by atoms with Crippen LogP contribution in [0.1, 0.15) is 20.1 Å². The Hall–Kier alpha value is -2.25. The van der Waals surface area contributed by atoms with Gasteiger partial charge in [0.1, 0.15) is 11.1 Å². The summed E-state index contributed by atoms with van der Waals surface area (Å²) in [5, 5.41) is 19.8. The van der Waals surface area contributed by atoms with Gasteiger partial charge in [-0.25, -0.2) is 9.97 Å². The zero-order valence-corrected chi connectivity index (χ0v) is 13.4. The maximum atomic E-state index is 10.0. The second-order valence-electron chi connectivity index (χ2n) is 5.88. The molecule has 0 aliphatic carbocycles. The van der Waals surface area contributed by atoms with Gasteiger partial charge in [0.15, 0.2) is 11.9 Å². The number of aromatic nitrogens is 4. The zero-order chi connectivity index (χ0) is 17.5. The van der Waals surface area contributed by atoms with Gasteiger partial charge in [0, 0.05) is 5.92 Å². The molecule has 0 bridgehead atoms. The van der Waals surface area contributed by atoms with E-state index >= 15 is 0 Å². The quantitative estimate of drug-likeness (QED) is 0.525. The highest BCUT2D eigenvalue weighted by Crippen LogP contribution is 2.42. The molecule has 9 heteroatoms. The van der Waals surface area contributed by atoms with Crippen molar-refractivity contribution in [2.75, 3.05) is 12.3 Å². The predicted octanol–water partition coefficient (Wildman–Crippen LogP) is -0.984. The summed E-state index contributed by atoms with van der Waals surface area (Å²) in [7, 11) is 0. The summed E-state index contributed by atoms with van der Waals surface area (Å²) < 4.78 is 7.58. The molecule has 1 fully saturated rings. The van der Waals surface area contributed by atoms with Gasteiger partial charge in [-0.3, -0.25) is 4.57 Å². The van der Waals surface area contributed by atoms with Crippen molar-refractivity contribution < 1.29 is 14.9 Å². The van der Waals surface area contributed by atoms with Gasteiger partial charge >= 0.3 is 0 Å². The molecule has 1 saturated heterocycles. The molecule has 0 aromatic carbocycles. The first-order chi connectivity index (χ1) is 11.4. The van der Waals surface area contributed by atoms with Crippen LogP contribution in [0.3, 0.4) is 0 Å².